The molecule has 5 nitrogen and oxygen atoms in total. The van der Waals surface area contributed by atoms with Gasteiger partial charge in [0.1, 0.15) is 5.75 Å². The van der Waals surface area contributed by atoms with E-state index in [0.717, 1.165) is 16.9 Å². The number of methoxy groups -OCH3 is 1. The van der Waals surface area contributed by atoms with Crippen LogP contribution in [0.4, 0.5) is 5.69 Å². The highest BCUT2D eigenvalue weighted by Gasteiger charge is 2.14. The number of nitrogens with one attached hydrogen (secondary N) is 1. The van der Waals surface area contributed by atoms with Gasteiger partial charge in [-0.2, -0.15) is 0 Å². The fourth-order valence-corrected chi connectivity index (χ4v) is 2.28. The standard InChI is InChI=1S/C19H18N2O3/c1-12-4-5-14(10-13(12)2)18-11-17(21-24-18)19(22)20-15-6-8-16(23-3)9-7-15/h4-11H,1-3H3,(H,20,22). The van der Waals surface area contributed by atoms with Crippen LogP contribution in [0.3, 0.4) is 0 Å². The van der Waals surface area contributed by atoms with Gasteiger partial charge in [0.25, 0.3) is 5.91 Å². The number of ether oxygens (including phenoxy) is 1. The summed E-state index contributed by atoms with van der Waals surface area (Å²) in [7, 11) is 1.59. The summed E-state index contributed by atoms with van der Waals surface area (Å²) in [6, 6.07) is 14.7. The molecule has 0 bridgehead atoms. The smallest absolute Gasteiger partial charge is 0.277 e. The number of hydrogen-bond donors (Lipinski definition) is 1. The maximum absolute atomic E-state index is 12.3. The van der Waals surface area contributed by atoms with E-state index in [1.165, 1.54) is 5.56 Å². The highest BCUT2D eigenvalue weighted by molar-refractivity contribution is 6.03. The second-order valence-electron chi connectivity index (χ2n) is 5.56. The zero-order valence-electron chi connectivity index (χ0n) is 13.8. The summed E-state index contributed by atoms with van der Waals surface area (Å²) in [6.07, 6.45) is 0. The highest BCUT2D eigenvalue weighted by atomic mass is 16.5. The van der Waals surface area contributed by atoms with Gasteiger partial charge in [0.2, 0.25) is 0 Å². The van der Waals surface area contributed by atoms with Crippen molar-refractivity contribution in [2.75, 3.05) is 12.4 Å². The Labute approximate surface area is 140 Å². The van der Waals surface area contributed by atoms with Gasteiger partial charge in [-0.25, -0.2) is 0 Å². The van der Waals surface area contributed by atoms with E-state index < -0.39 is 0 Å². The molecule has 3 rings (SSSR count). The normalized spacial score (nSPS) is 10.5. The monoisotopic (exact) mass is 322 g/mol. The van der Waals surface area contributed by atoms with Crippen LogP contribution in [0.5, 0.6) is 5.75 Å². The molecule has 1 heterocycles. The number of carbonyl (C=O) groups is 1. The van der Waals surface area contributed by atoms with E-state index in [2.05, 4.69) is 10.5 Å². The van der Waals surface area contributed by atoms with Gasteiger partial charge in [0.05, 0.1) is 7.11 Å². The predicted molar refractivity (Wildman–Crippen MR) is 92.4 cm³/mol. The Morgan fingerprint density at radius 1 is 1.04 bits per heavy atom. The number of carbonyl (C=O) groups excluding carboxylic acids is 1. The molecule has 122 valence electrons. The zero-order valence-corrected chi connectivity index (χ0v) is 13.8. The highest BCUT2D eigenvalue weighted by Crippen LogP contribution is 2.23. The van der Waals surface area contributed by atoms with E-state index in [1.54, 1.807) is 37.4 Å². The zero-order chi connectivity index (χ0) is 17.1. The van der Waals surface area contributed by atoms with Crippen molar-refractivity contribution in [3.63, 3.8) is 0 Å². The van der Waals surface area contributed by atoms with E-state index in [4.69, 9.17) is 9.26 Å². The number of rotatable bonds is 4. The fraction of sp³-hybridized carbons (Fsp3) is 0.158. The minimum Gasteiger partial charge on any atom is -0.497 e. The molecule has 0 fully saturated rings. The molecule has 3 aromatic rings. The number of benzene rings is 2. The summed E-state index contributed by atoms with van der Waals surface area (Å²) < 4.78 is 10.4. The van der Waals surface area contributed by atoms with E-state index in [-0.39, 0.29) is 11.6 Å². The van der Waals surface area contributed by atoms with Gasteiger partial charge in [0, 0.05) is 17.3 Å². The van der Waals surface area contributed by atoms with E-state index in [0.29, 0.717) is 11.4 Å². The first-order chi connectivity index (χ1) is 11.6. The number of anilines is 1. The third-order valence-corrected chi connectivity index (χ3v) is 3.88. The topological polar surface area (TPSA) is 64.4 Å². The first-order valence-electron chi connectivity index (χ1n) is 7.56. The summed E-state index contributed by atoms with van der Waals surface area (Å²) in [4.78, 5) is 12.3. The van der Waals surface area contributed by atoms with Crippen LogP contribution in [0.2, 0.25) is 0 Å². The van der Waals surface area contributed by atoms with Gasteiger partial charge in [-0.3, -0.25) is 4.79 Å². The lowest BCUT2D eigenvalue weighted by atomic mass is 10.0. The van der Waals surface area contributed by atoms with Gasteiger partial charge in [-0.15, -0.1) is 0 Å². The van der Waals surface area contributed by atoms with Crippen LogP contribution in [-0.2, 0) is 0 Å². The van der Waals surface area contributed by atoms with Crippen molar-refractivity contribution in [3.8, 4) is 17.1 Å². The number of aromatic nitrogens is 1. The number of amides is 1. The Morgan fingerprint density at radius 2 is 1.79 bits per heavy atom. The minimum atomic E-state index is -0.320. The van der Waals surface area contributed by atoms with Crippen molar-refractivity contribution in [2.45, 2.75) is 13.8 Å². The maximum atomic E-state index is 12.3. The Kier molecular flexibility index (Phi) is 4.33. The third-order valence-electron chi connectivity index (χ3n) is 3.88. The summed E-state index contributed by atoms with van der Waals surface area (Å²) in [5.41, 5.74) is 4.16. The van der Waals surface area contributed by atoms with Crippen LogP contribution in [0.25, 0.3) is 11.3 Å². The molecule has 1 amide bonds. The van der Waals surface area contributed by atoms with Crippen molar-refractivity contribution in [1.29, 1.82) is 0 Å². The molecule has 0 saturated heterocycles. The molecule has 1 N–H and O–H groups in total. The number of hydrogen-bond acceptors (Lipinski definition) is 4. The van der Waals surface area contributed by atoms with Crippen LogP contribution in [-0.4, -0.2) is 18.2 Å². The molecule has 0 spiro atoms. The average molecular weight is 322 g/mol. The maximum Gasteiger partial charge on any atom is 0.277 e. The minimum absolute atomic E-state index is 0.235. The molecule has 0 aliphatic carbocycles. The van der Waals surface area contributed by atoms with Crippen LogP contribution in [0.15, 0.2) is 53.1 Å². The lowest BCUT2D eigenvalue weighted by Gasteiger charge is -2.04. The largest absolute Gasteiger partial charge is 0.497 e. The molecule has 0 unspecified atom stereocenters. The second-order valence-corrected chi connectivity index (χ2v) is 5.56. The Morgan fingerprint density at radius 3 is 2.46 bits per heavy atom. The first-order valence-corrected chi connectivity index (χ1v) is 7.56. The fourth-order valence-electron chi connectivity index (χ4n) is 2.28. The molecule has 0 atom stereocenters. The van der Waals surface area contributed by atoms with Gasteiger partial charge in [-0.1, -0.05) is 17.3 Å². The Hall–Kier alpha value is -3.08. The average Bonchev–Trinajstić information content (AvgIpc) is 3.08. The lowest BCUT2D eigenvalue weighted by Crippen LogP contribution is -2.11. The molecular weight excluding hydrogens is 304 g/mol. The van der Waals surface area contributed by atoms with Crippen LogP contribution in [0, 0.1) is 13.8 Å². The molecule has 24 heavy (non-hydrogen) atoms. The van der Waals surface area contributed by atoms with E-state index in [9.17, 15) is 4.79 Å². The van der Waals surface area contributed by atoms with Gasteiger partial charge >= 0.3 is 0 Å². The lowest BCUT2D eigenvalue weighted by molar-refractivity contribution is 0.101. The summed E-state index contributed by atoms with van der Waals surface area (Å²) in [5, 5.41) is 6.64. The van der Waals surface area contributed by atoms with Crippen LogP contribution in [0.1, 0.15) is 21.6 Å². The molecule has 0 aliphatic rings. The van der Waals surface area contributed by atoms with Crippen molar-refractivity contribution in [2.24, 2.45) is 0 Å². The predicted octanol–water partition coefficient (Wildman–Crippen LogP) is 4.22. The third kappa shape index (κ3) is 3.30. The van der Waals surface area contributed by atoms with Gasteiger partial charge < -0.3 is 14.6 Å². The second kappa shape index (κ2) is 6.58. The van der Waals surface area contributed by atoms with Crippen molar-refractivity contribution in [3.05, 3.63) is 65.4 Å². The quantitative estimate of drug-likeness (QED) is 0.781. The molecule has 0 radical (unpaired) electrons. The van der Waals surface area contributed by atoms with Gasteiger partial charge in [-0.05, 0) is 55.3 Å². The van der Waals surface area contributed by atoms with Crippen molar-refractivity contribution in [1.82, 2.24) is 5.16 Å². The van der Waals surface area contributed by atoms with Crippen LogP contribution < -0.4 is 10.1 Å². The van der Waals surface area contributed by atoms with Crippen molar-refractivity contribution < 1.29 is 14.1 Å². The molecule has 0 aliphatic heterocycles. The molecule has 0 saturated carbocycles. The van der Waals surface area contributed by atoms with Crippen LogP contribution >= 0.6 is 0 Å². The summed E-state index contributed by atoms with van der Waals surface area (Å²) in [6.45, 7) is 4.08. The molecule has 1 aromatic heterocycles. The SMILES string of the molecule is COc1ccc(NC(=O)c2cc(-c3ccc(C)c(C)c3)on2)cc1. The van der Waals surface area contributed by atoms with Gasteiger partial charge in [0.15, 0.2) is 11.5 Å². The van der Waals surface area contributed by atoms with E-state index >= 15 is 0 Å². The number of nitrogens with zero attached hydrogens (tertiary/aromatic N) is 1. The Balaban J connectivity index is 1.76. The Bertz CT molecular complexity index is 867. The molecule has 5 heteroatoms. The summed E-state index contributed by atoms with van der Waals surface area (Å²) >= 11 is 0. The molecular formula is C19H18N2O3. The summed E-state index contributed by atoms with van der Waals surface area (Å²) in [5.74, 6) is 0.975. The van der Waals surface area contributed by atoms with E-state index in [1.807, 2.05) is 32.0 Å². The van der Waals surface area contributed by atoms with Crippen molar-refractivity contribution >= 4 is 11.6 Å². The first kappa shape index (κ1) is 15.8. The molecule has 2 aromatic carbocycles. The number of aryl methyl sites for hydroxylation is 2.